The van der Waals surface area contributed by atoms with Crippen LogP contribution in [-0.2, 0) is 28.7 Å². The molecule has 1 aromatic rings. The highest BCUT2D eigenvalue weighted by Gasteiger charge is 2.45. The van der Waals surface area contributed by atoms with Crippen molar-refractivity contribution in [3.05, 3.63) is 56.3 Å². The summed E-state index contributed by atoms with van der Waals surface area (Å²) in [5, 5.41) is 3.67. The van der Waals surface area contributed by atoms with Gasteiger partial charge in [-0.05, 0) is 43.7 Å². The number of amides is 2. The van der Waals surface area contributed by atoms with Gasteiger partial charge in [0.1, 0.15) is 0 Å². The predicted molar refractivity (Wildman–Crippen MR) is 166 cm³/mol. The molecule has 238 valence electrons. The summed E-state index contributed by atoms with van der Waals surface area (Å²) in [5.41, 5.74) is 1.38. The number of benzene rings is 1. The Morgan fingerprint density at radius 1 is 0.886 bits per heavy atom. The number of nitrogens with one attached hydrogen (secondary N) is 1. The molecule has 44 heavy (non-hydrogen) atoms. The standard InChI is InChI=1S/C32H40Cl2N4O6/c1-18-26(31(41)43-3)29(27-22(33)9-6-10-23(27)34)28(32(42)44-4)24(35-18)15-25(40)36-11-13-37(14-12-36)30-20-7-5-8-21(30)17-38(16-20)19(2)39/h6,9-10,20-21,29-30,35H,5,7-8,11-17H2,1-4H3. The molecule has 2 bridgehead atoms. The second-order valence-corrected chi connectivity index (χ2v) is 12.9. The molecule has 3 atom stereocenters. The molecule has 0 spiro atoms. The Hall–Kier alpha value is -3.08. The Balaban J connectivity index is 1.37. The van der Waals surface area contributed by atoms with Gasteiger partial charge in [0.05, 0.1) is 37.7 Å². The van der Waals surface area contributed by atoms with Crippen molar-refractivity contribution in [1.82, 2.24) is 20.0 Å². The summed E-state index contributed by atoms with van der Waals surface area (Å²) in [6.45, 7) is 7.59. The Bertz CT molecular complexity index is 1370. The molecule has 3 fully saturated rings. The molecule has 1 aromatic carbocycles. The van der Waals surface area contributed by atoms with E-state index in [2.05, 4.69) is 10.2 Å². The summed E-state index contributed by atoms with van der Waals surface area (Å²) in [6, 6.07) is 5.37. The zero-order chi connectivity index (χ0) is 31.7. The minimum atomic E-state index is -1.00. The molecule has 3 aliphatic heterocycles. The monoisotopic (exact) mass is 646 g/mol. The van der Waals surface area contributed by atoms with Crippen molar-refractivity contribution in [3.63, 3.8) is 0 Å². The van der Waals surface area contributed by atoms with Gasteiger partial charge < -0.3 is 24.6 Å². The number of halogens is 2. The van der Waals surface area contributed by atoms with Crippen molar-refractivity contribution in [1.29, 1.82) is 0 Å². The van der Waals surface area contributed by atoms with Crippen LogP contribution in [0.25, 0.3) is 0 Å². The van der Waals surface area contributed by atoms with Crippen LogP contribution in [0.1, 0.15) is 51.0 Å². The Morgan fingerprint density at radius 3 is 2.00 bits per heavy atom. The molecule has 10 nitrogen and oxygen atoms in total. The third-order valence-corrected chi connectivity index (χ3v) is 10.3. The van der Waals surface area contributed by atoms with Gasteiger partial charge in [-0.1, -0.05) is 35.7 Å². The second-order valence-electron chi connectivity index (χ2n) is 12.1. The fourth-order valence-corrected chi connectivity index (χ4v) is 8.25. The van der Waals surface area contributed by atoms with Gasteiger partial charge in [0.25, 0.3) is 0 Å². The van der Waals surface area contributed by atoms with Gasteiger partial charge in [0, 0.05) is 79.2 Å². The molecule has 1 aliphatic carbocycles. The Kier molecular flexibility index (Phi) is 9.92. The first-order valence-electron chi connectivity index (χ1n) is 15.1. The zero-order valence-electron chi connectivity index (χ0n) is 25.7. The first kappa shape index (κ1) is 32.3. The fraction of sp³-hybridized carbons (Fsp3) is 0.562. The van der Waals surface area contributed by atoms with E-state index >= 15 is 0 Å². The summed E-state index contributed by atoms with van der Waals surface area (Å²) >= 11 is 13.2. The van der Waals surface area contributed by atoms with Crippen LogP contribution in [0.3, 0.4) is 0 Å². The number of fused-ring (bicyclic) bond motifs is 2. The molecule has 1 saturated carbocycles. The number of dihydropyridines is 1. The molecule has 4 aliphatic rings. The number of methoxy groups -OCH3 is 2. The number of piperazine rings is 1. The first-order chi connectivity index (χ1) is 21.0. The van der Waals surface area contributed by atoms with Gasteiger partial charge in [-0.3, -0.25) is 14.5 Å². The van der Waals surface area contributed by atoms with Crippen molar-refractivity contribution < 1.29 is 28.7 Å². The smallest absolute Gasteiger partial charge is 0.336 e. The number of piperidine rings is 1. The third kappa shape index (κ3) is 6.21. The number of esters is 2. The van der Waals surface area contributed by atoms with Crippen molar-refractivity contribution >= 4 is 47.0 Å². The predicted octanol–water partition coefficient (Wildman–Crippen LogP) is 3.74. The number of nitrogens with zero attached hydrogens (tertiary/aromatic N) is 3. The molecule has 0 aromatic heterocycles. The molecule has 0 radical (unpaired) electrons. The van der Waals surface area contributed by atoms with Crippen molar-refractivity contribution in [2.45, 2.75) is 51.5 Å². The average Bonchev–Trinajstić information content (AvgIpc) is 2.99. The summed E-state index contributed by atoms with van der Waals surface area (Å²) in [6.07, 6.45) is 3.35. The number of hydrogen-bond acceptors (Lipinski definition) is 8. The molecule has 3 unspecified atom stereocenters. The van der Waals surface area contributed by atoms with Crippen LogP contribution in [0.4, 0.5) is 0 Å². The van der Waals surface area contributed by atoms with E-state index in [4.69, 9.17) is 32.7 Å². The third-order valence-electron chi connectivity index (χ3n) is 9.63. The zero-order valence-corrected chi connectivity index (χ0v) is 27.2. The van der Waals surface area contributed by atoms with Crippen LogP contribution in [0, 0.1) is 11.8 Å². The average molecular weight is 648 g/mol. The summed E-state index contributed by atoms with van der Waals surface area (Å²) in [7, 11) is 2.51. The van der Waals surface area contributed by atoms with E-state index in [1.165, 1.54) is 20.6 Å². The number of allylic oxidation sites excluding steroid dienone is 1. The molecule has 2 amide bonds. The van der Waals surface area contributed by atoms with Gasteiger partial charge in [-0.25, -0.2) is 9.59 Å². The topological polar surface area (TPSA) is 108 Å². The molecule has 3 heterocycles. The van der Waals surface area contributed by atoms with E-state index in [0.717, 1.165) is 39.0 Å². The minimum absolute atomic E-state index is 0.0885. The molecular weight excluding hydrogens is 607 g/mol. The van der Waals surface area contributed by atoms with E-state index in [1.807, 2.05) is 9.80 Å². The van der Waals surface area contributed by atoms with Gasteiger partial charge in [0.15, 0.2) is 0 Å². The maximum Gasteiger partial charge on any atom is 0.336 e. The van der Waals surface area contributed by atoms with E-state index in [9.17, 15) is 19.2 Å². The van der Waals surface area contributed by atoms with Crippen molar-refractivity contribution in [2.75, 3.05) is 53.5 Å². The molecular formula is C32H40Cl2N4O6. The second kappa shape index (κ2) is 13.5. The van der Waals surface area contributed by atoms with Crippen LogP contribution < -0.4 is 5.32 Å². The van der Waals surface area contributed by atoms with Crippen molar-refractivity contribution in [3.8, 4) is 0 Å². The number of rotatable bonds is 6. The summed E-state index contributed by atoms with van der Waals surface area (Å²) in [5.74, 6) is -1.44. The highest BCUT2D eigenvalue weighted by Crippen LogP contribution is 2.45. The lowest BCUT2D eigenvalue weighted by molar-refractivity contribution is -0.139. The number of likely N-dealkylation sites (tertiary alicyclic amines) is 1. The Labute approximate surface area is 268 Å². The van der Waals surface area contributed by atoms with Gasteiger partial charge in [0.2, 0.25) is 11.8 Å². The maximum absolute atomic E-state index is 13.8. The normalized spacial score (nSPS) is 25.9. The van der Waals surface area contributed by atoms with E-state index in [-0.39, 0.29) is 39.4 Å². The molecule has 5 rings (SSSR count). The van der Waals surface area contributed by atoms with Crippen LogP contribution in [0.15, 0.2) is 40.7 Å². The van der Waals surface area contributed by atoms with Gasteiger partial charge in [-0.2, -0.15) is 0 Å². The van der Waals surface area contributed by atoms with Gasteiger partial charge in [-0.15, -0.1) is 0 Å². The van der Waals surface area contributed by atoms with E-state index in [0.29, 0.717) is 47.9 Å². The van der Waals surface area contributed by atoms with E-state index in [1.54, 1.807) is 32.0 Å². The highest BCUT2D eigenvalue weighted by atomic mass is 35.5. The van der Waals surface area contributed by atoms with Crippen LogP contribution in [-0.4, -0.2) is 98.0 Å². The summed E-state index contributed by atoms with van der Waals surface area (Å²) in [4.78, 5) is 58.5. The number of carbonyl (C=O) groups is 4. The Morgan fingerprint density at radius 2 is 1.45 bits per heavy atom. The van der Waals surface area contributed by atoms with E-state index < -0.39 is 17.9 Å². The fourth-order valence-electron chi connectivity index (χ4n) is 7.64. The van der Waals surface area contributed by atoms with Crippen molar-refractivity contribution in [2.24, 2.45) is 11.8 Å². The lowest BCUT2D eigenvalue weighted by Crippen LogP contribution is -2.62. The first-order valence-corrected chi connectivity index (χ1v) is 15.9. The largest absolute Gasteiger partial charge is 0.466 e. The SMILES string of the molecule is COC(=O)C1=C(C)NC(CC(=O)N2CCN(C3C4CCCC3CN(C(C)=O)C4)CC2)=C(C(=O)OC)C1c1c(Cl)cccc1Cl. The maximum atomic E-state index is 13.8. The molecule has 1 N–H and O–H groups in total. The highest BCUT2D eigenvalue weighted by molar-refractivity contribution is 6.36. The summed E-state index contributed by atoms with van der Waals surface area (Å²) < 4.78 is 10.2. The number of ether oxygens (including phenoxy) is 2. The quantitative estimate of drug-likeness (QED) is 0.466. The molecule has 12 heteroatoms. The number of hydrogen-bond donors (Lipinski definition) is 1. The van der Waals surface area contributed by atoms with Crippen LogP contribution >= 0.6 is 23.2 Å². The van der Waals surface area contributed by atoms with Crippen LogP contribution in [0.2, 0.25) is 10.0 Å². The lowest BCUT2D eigenvalue weighted by Gasteiger charge is -2.53. The molecule has 2 saturated heterocycles. The van der Waals surface area contributed by atoms with Gasteiger partial charge >= 0.3 is 11.9 Å². The number of carbonyl (C=O) groups excluding carboxylic acids is 4. The minimum Gasteiger partial charge on any atom is -0.466 e. The lowest BCUT2D eigenvalue weighted by atomic mass is 9.72. The van der Waals surface area contributed by atoms with Crippen LogP contribution in [0.5, 0.6) is 0 Å².